The van der Waals surface area contributed by atoms with E-state index >= 15 is 0 Å². The molecule has 2 aromatic carbocycles. The largest absolute Gasteiger partial charge is 0.486 e. The van der Waals surface area contributed by atoms with Gasteiger partial charge in [0, 0.05) is 18.7 Å². The lowest BCUT2D eigenvalue weighted by Crippen LogP contribution is -2.37. The highest BCUT2D eigenvalue weighted by molar-refractivity contribution is 6.02. The van der Waals surface area contributed by atoms with Crippen LogP contribution < -0.4 is 19.7 Å². The summed E-state index contributed by atoms with van der Waals surface area (Å²) in [4.78, 5) is 25.5. The van der Waals surface area contributed by atoms with Gasteiger partial charge in [0.05, 0.1) is 11.3 Å². The Kier molecular flexibility index (Phi) is 5.43. The molecule has 1 aliphatic heterocycles. The van der Waals surface area contributed by atoms with E-state index in [4.69, 9.17) is 9.47 Å². The van der Waals surface area contributed by atoms with Crippen molar-refractivity contribution in [1.82, 2.24) is 0 Å². The fourth-order valence-electron chi connectivity index (χ4n) is 2.76. The molecule has 0 atom stereocenters. The first-order valence-electron chi connectivity index (χ1n) is 8.39. The predicted molar refractivity (Wildman–Crippen MR) is 95.5 cm³/mol. The molecule has 0 fully saturated rings. The van der Waals surface area contributed by atoms with Crippen LogP contribution in [0.15, 0.2) is 42.5 Å². The summed E-state index contributed by atoms with van der Waals surface area (Å²) in [7, 11) is 0. The first-order valence-corrected chi connectivity index (χ1v) is 8.39. The van der Waals surface area contributed by atoms with Crippen molar-refractivity contribution in [2.45, 2.75) is 13.1 Å². The van der Waals surface area contributed by atoms with Gasteiger partial charge in [-0.25, -0.2) is 0 Å². The Morgan fingerprint density at radius 2 is 1.75 bits per heavy atom. The molecule has 0 radical (unpaired) electrons. The second kappa shape index (κ2) is 7.79. The van der Waals surface area contributed by atoms with Crippen LogP contribution in [0.1, 0.15) is 12.5 Å². The Balaban J connectivity index is 1.79. The van der Waals surface area contributed by atoms with Crippen molar-refractivity contribution < 1.29 is 32.2 Å². The molecule has 0 saturated heterocycles. The highest BCUT2D eigenvalue weighted by Crippen LogP contribution is 2.35. The number of amides is 2. The molecule has 3 rings (SSSR count). The average molecular weight is 394 g/mol. The standard InChI is InChI=1S/C19H17F3N2O4/c1-12(25)24(13-6-7-16-17(10-13)28-9-8-27-16)11-18(26)23-15-5-3-2-4-14(15)19(20,21)22/h2-7,10H,8-9,11H2,1H3,(H,23,26). The van der Waals surface area contributed by atoms with Gasteiger partial charge >= 0.3 is 6.18 Å². The van der Waals surface area contributed by atoms with Crippen molar-refractivity contribution in [2.75, 3.05) is 30.0 Å². The van der Waals surface area contributed by atoms with Crippen LogP contribution in [0.25, 0.3) is 0 Å². The van der Waals surface area contributed by atoms with Gasteiger partial charge in [0.15, 0.2) is 11.5 Å². The van der Waals surface area contributed by atoms with Gasteiger partial charge in [0.2, 0.25) is 11.8 Å². The van der Waals surface area contributed by atoms with Crippen LogP contribution in [-0.2, 0) is 15.8 Å². The number of halogens is 3. The molecule has 28 heavy (non-hydrogen) atoms. The number of ether oxygens (including phenoxy) is 2. The van der Waals surface area contributed by atoms with E-state index in [-0.39, 0.29) is 5.69 Å². The first-order chi connectivity index (χ1) is 13.3. The maximum atomic E-state index is 13.1. The van der Waals surface area contributed by atoms with Crippen LogP contribution in [0.2, 0.25) is 0 Å². The summed E-state index contributed by atoms with van der Waals surface area (Å²) in [6.07, 6.45) is -4.61. The minimum absolute atomic E-state index is 0.352. The van der Waals surface area contributed by atoms with Crippen LogP contribution >= 0.6 is 0 Å². The molecule has 0 unspecified atom stereocenters. The number of alkyl halides is 3. The molecule has 2 amide bonds. The number of carbonyl (C=O) groups excluding carboxylic acids is 2. The summed E-state index contributed by atoms with van der Waals surface area (Å²) in [5.41, 5.74) is -0.960. The van der Waals surface area contributed by atoms with Gasteiger partial charge in [-0.15, -0.1) is 0 Å². The smallest absolute Gasteiger partial charge is 0.418 e. The minimum atomic E-state index is -4.61. The molecule has 1 heterocycles. The van der Waals surface area contributed by atoms with Crippen molar-refractivity contribution in [1.29, 1.82) is 0 Å². The summed E-state index contributed by atoms with van der Waals surface area (Å²) < 4.78 is 50.1. The zero-order valence-electron chi connectivity index (χ0n) is 14.9. The van der Waals surface area contributed by atoms with Crippen LogP contribution in [0.5, 0.6) is 11.5 Å². The zero-order chi connectivity index (χ0) is 20.3. The molecule has 0 saturated carbocycles. The molecule has 0 bridgehead atoms. The quantitative estimate of drug-likeness (QED) is 0.862. The lowest BCUT2D eigenvalue weighted by Gasteiger charge is -2.24. The molecular formula is C19H17F3N2O4. The Bertz CT molecular complexity index is 899. The minimum Gasteiger partial charge on any atom is -0.486 e. The Hall–Kier alpha value is -3.23. The third-order valence-electron chi connectivity index (χ3n) is 4.03. The van der Waals surface area contributed by atoms with E-state index in [2.05, 4.69) is 5.32 Å². The number of para-hydroxylation sites is 1. The highest BCUT2D eigenvalue weighted by atomic mass is 19.4. The number of hydrogen-bond acceptors (Lipinski definition) is 4. The third kappa shape index (κ3) is 4.36. The second-order valence-electron chi connectivity index (χ2n) is 6.02. The van der Waals surface area contributed by atoms with E-state index in [0.717, 1.165) is 17.0 Å². The van der Waals surface area contributed by atoms with Crippen molar-refractivity contribution in [3.63, 3.8) is 0 Å². The number of fused-ring (bicyclic) bond motifs is 1. The lowest BCUT2D eigenvalue weighted by atomic mass is 10.1. The van der Waals surface area contributed by atoms with Crippen LogP contribution in [0, 0.1) is 0 Å². The lowest BCUT2D eigenvalue weighted by molar-refractivity contribution is -0.137. The Morgan fingerprint density at radius 1 is 1.07 bits per heavy atom. The molecule has 1 N–H and O–H groups in total. The molecule has 0 aromatic heterocycles. The van der Waals surface area contributed by atoms with Crippen molar-refractivity contribution in [3.8, 4) is 11.5 Å². The van der Waals surface area contributed by atoms with E-state index < -0.39 is 30.1 Å². The highest BCUT2D eigenvalue weighted by Gasteiger charge is 2.33. The van der Waals surface area contributed by atoms with E-state index in [1.165, 1.54) is 19.1 Å². The molecular weight excluding hydrogens is 377 g/mol. The third-order valence-corrected chi connectivity index (χ3v) is 4.03. The molecule has 6 nitrogen and oxygen atoms in total. The summed E-state index contributed by atoms with van der Waals surface area (Å²) >= 11 is 0. The van der Waals surface area contributed by atoms with Crippen molar-refractivity contribution in [2.24, 2.45) is 0 Å². The van der Waals surface area contributed by atoms with E-state index in [9.17, 15) is 22.8 Å². The maximum Gasteiger partial charge on any atom is 0.418 e. The van der Waals surface area contributed by atoms with Gasteiger partial charge in [-0.3, -0.25) is 9.59 Å². The van der Waals surface area contributed by atoms with Crippen LogP contribution in [0.3, 0.4) is 0 Å². The average Bonchev–Trinajstić information content (AvgIpc) is 2.65. The van der Waals surface area contributed by atoms with Gasteiger partial charge in [-0.05, 0) is 24.3 Å². The molecule has 0 spiro atoms. The number of rotatable bonds is 4. The summed E-state index contributed by atoms with van der Waals surface area (Å²) in [5.74, 6) is -0.266. The van der Waals surface area contributed by atoms with E-state index in [0.29, 0.717) is 30.4 Å². The topological polar surface area (TPSA) is 67.9 Å². The molecule has 2 aromatic rings. The normalized spacial score (nSPS) is 13.0. The predicted octanol–water partition coefficient (Wildman–Crippen LogP) is 3.47. The number of carbonyl (C=O) groups is 2. The van der Waals surface area contributed by atoms with Crippen molar-refractivity contribution in [3.05, 3.63) is 48.0 Å². The number of anilines is 2. The molecule has 1 aliphatic rings. The Morgan fingerprint density at radius 3 is 2.43 bits per heavy atom. The molecule has 9 heteroatoms. The van der Waals surface area contributed by atoms with E-state index in [1.807, 2.05) is 0 Å². The zero-order valence-corrected chi connectivity index (χ0v) is 14.9. The number of nitrogens with one attached hydrogen (secondary N) is 1. The fourth-order valence-corrected chi connectivity index (χ4v) is 2.76. The van der Waals surface area contributed by atoms with Gasteiger partial charge in [-0.1, -0.05) is 12.1 Å². The van der Waals surface area contributed by atoms with Gasteiger partial charge in [0.25, 0.3) is 0 Å². The molecule has 0 aliphatic carbocycles. The van der Waals surface area contributed by atoms with Gasteiger partial charge < -0.3 is 19.7 Å². The second-order valence-corrected chi connectivity index (χ2v) is 6.02. The number of benzene rings is 2. The van der Waals surface area contributed by atoms with Crippen molar-refractivity contribution >= 4 is 23.2 Å². The summed E-state index contributed by atoms with van der Waals surface area (Å²) in [5, 5.41) is 2.23. The van der Waals surface area contributed by atoms with Crippen LogP contribution in [0.4, 0.5) is 24.5 Å². The summed E-state index contributed by atoms with van der Waals surface area (Å²) in [6.45, 7) is 1.56. The van der Waals surface area contributed by atoms with Gasteiger partial charge in [0.1, 0.15) is 19.8 Å². The maximum absolute atomic E-state index is 13.1. The fraction of sp³-hybridized carbons (Fsp3) is 0.263. The number of hydrogen-bond donors (Lipinski definition) is 1. The monoisotopic (exact) mass is 394 g/mol. The number of nitrogens with zero attached hydrogens (tertiary/aromatic N) is 1. The molecule has 148 valence electrons. The summed E-state index contributed by atoms with van der Waals surface area (Å²) in [6, 6.07) is 9.38. The first kappa shape index (κ1) is 19.5. The van der Waals surface area contributed by atoms with E-state index in [1.54, 1.807) is 18.2 Å². The SMILES string of the molecule is CC(=O)N(CC(=O)Nc1ccccc1C(F)(F)F)c1ccc2c(c1)OCCO2. The Labute approximate surface area is 158 Å². The van der Waals surface area contributed by atoms with Gasteiger partial charge in [-0.2, -0.15) is 13.2 Å². The van der Waals surface area contributed by atoms with Crippen LogP contribution in [-0.4, -0.2) is 31.6 Å².